The number of nitrogens with zero attached hydrogens (tertiary/aromatic N) is 2. The normalized spacial score (nSPS) is 12.2. The number of hydrogen-bond donors (Lipinski definition) is 3. The molecule has 114 valence electrons. The molecular weight excluding hydrogens is 250 g/mol. The summed E-state index contributed by atoms with van der Waals surface area (Å²) in [4.78, 5) is 8.49. The Morgan fingerprint density at radius 3 is 2.45 bits per heavy atom. The minimum atomic E-state index is 0.319. The number of unbranched alkanes of at least 4 members (excludes halogenated alkanes) is 1. The molecule has 4 N–H and O–H groups in total. The van der Waals surface area contributed by atoms with Crippen LogP contribution in [0.2, 0.25) is 0 Å². The van der Waals surface area contributed by atoms with Crippen LogP contribution in [-0.4, -0.2) is 22.6 Å². The van der Waals surface area contributed by atoms with Gasteiger partial charge in [0.25, 0.3) is 0 Å². The maximum atomic E-state index is 5.78. The van der Waals surface area contributed by atoms with E-state index >= 15 is 0 Å². The summed E-state index contributed by atoms with van der Waals surface area (Å²) in [6.45, 7) is 7.45. The van der Waals surface area contributed by atoms with Crippen LogP contribution in [0, 0.1) is 0 Å². The van der Waals surface area contributed by atoms with Crippen LogP contribution in [0.4, 0.5) is 17.6 Å². The molecule has 0 aliphatic rings. The lowest BCUT2D eigenvalue weighted by Crippen LogP contribution is -2.20. The van der Waals surface area contributed by atoms with Gasteiger partial charge in [-0.2, -0.15) is 9.97 Å². The lowest BCUT2D eigenvalue weighted by atomic mass is 10.1. The molecule has 0 amide bonds. The number of hydrogen-bond acceptors (Lipinski definition) is 5. The van der Waals surface area contributed by atoms with Crippen LogP contribution in [0.25, 0.3) is 0 Å². The van der Waals surface area contributed by atoms with Gasteiger partial charge < -0.3 is 16.4 Å². The highest BCUT2D eigenvalue weighted by Crippen LogP contribution is 2.17. The van der Waals surface area contributed by atoms with E-state index in [-0.39, 0.29) is 0 Å². The molecule has 0 saturated heterocycles. The molecule has 1 atom stereocenters. The molecule has 0 fully saturated rings. The third kappa shape index (κ3) is 6.08. The van der Waals surface area contributed by atoms with E-state index in [0.717, 1.165) is 31.0 Å². The van der Waals surface area contributed by atoms with Crippen LogP contribution < -0.4 is 16.4 Å². The number of anilines is 3. The number of nitrogens with two attached hydrogens (primary N) is 1. The van der Waals surface area contributed by atoms with E-state index in [1.165, 1.54) is 25.7 Å². The van der Waals surface area contributed by atoms with E-state index < -0.39 is 0 Å². The Kier molecular flexibility index (Phi) is 7.77. The minimum absolute atomic E-state index is 0.319. The monoisotopic (exact) mass is 279 g/mol. The van der Waals surface area contributed by atoms with Gasteiger partial charge in [-0.1, -0.05) is 40.0 Å². The van der Waals surface area contributed by atoms with Crippen molar-refractivity contribution in [3.8, 4) is 0 Å². The van der Waals surface area contributed by atoms with Crippen molar-refractivity contribution in [1.29, 1.82) is 0 Å². The van der Waals surface area contributed by atoms with Crippen LogP contribution in [0.1, 0.15) is 59.3 Å². The van der Waals surface area contributed by atoms with E-state index in [2.05, 4.69) is 41.4 Å². The standard InChI is InChI=1S/C15H29N5/c1-4-7-9-12(8-5-2)18-14-11-13(17-10-6-3)19-15(16)20-14/h11-12H,4-10H2,1-3H3,(H4,16,17,18,19,20). The lowest BCUT2D eigenvalue weighted by molar-refractivity contribution is 0.563. The van der Waals surface area contributed by atoms with Gasteiger partial charge in [0.15, 0.2) is 0 Å². The van der Waals surface area contributed by atoms with Crippen LogP contribution in [-0.2, 0) is 0 Å². The molecule has 1 aromatic rings. The van der Waals surface area contributed by atoms with Crippen molar-refractivity contribution in [1.82, 2.24) is 9.97 Å². The topological polar surface area (TPSA) is 75.9 Å². The van der Waals surface area contributed by atoms with Crippen LogP contribution in [0.5, 0.6) is 0 Å². The summed E-state index contributed by atoms with van der Waals surface area (Å²) in [7, 11) is 0. The van der Waals surface area contributed by atoms with Crippen molar-refractivity contribution in [3.05, 3.63) is 6.07 Å². The average molecular weight is 279 g/mol. The first-order chi connectivity index (χ1) is 9.69. The molecule has 0 aromatic carbocycles. The van der Waals surface area contributed by atoms with Crippen molar-refractivity contribution >= 4 is 17.6 Å². The fourth-order valence-electron chi connectivity index (χ4n) is 2.18. The third-order valence-corrected chi connectivity index (χ3v) is 3.19. The molecule has 1 rings (SSSR count). The third-order valence-electron chi connectivity index (χ3n) is 3.19. The molecule has 0 radical (unpaired) electrons. The van der Waals surface area contributed by atoms with E-state index in [4.69, 9.17) is 5.73 Å². The second-order valence-corrected chi connectivity index (χ2v) is 5.20. The van der Waals surface area contributed by atoms with Gasteiger partial charge in [0.2, 0.25) is 5.95 Å². The smallest absolute Gasteiger partial charge is 0.223 e. The van der Waals surface area contributed by atoms with E-state index in [1.807, 2.05) is 6.07 Å². The Labute approximate surface area is 122 Å². The van der Waals surface area contributed by atoms with Crippen LogP contribution >= 0.6 is 0 Å². The number of aromatic nitrogens is 2. The zero-order valence-corrected chi connectivity index (χ0v) is 13.1. The molecule has 5 heteroatoms. The second-order valence-electron chi connectivity index (χ2n) is 5.20. The zero-order valence-electron chi connectivity index (χ0n) is 13.1. The van der Waals surface area contributed by atoms with Gasteiger partial charge in [0.1, 0.15) is 11.6 Å². The summed E-state index contributed by atoms with van der Waals surface area (Å²) in [6, 6.07) is 2.41. The molecule has 0 bridgehead atoms. The van der Waals surface area contributed by atoms with Gasteiger partial charge in [-0.3, -0.25) is 0 Å². The van der Waals surface area contributed by atoms with Crippen molar-refractivity contribution in [2.45, 2.75) is 65.3 Å². The largest absolute Gasteiger partial charge is 0.370 e. The van der Waals surface area contributed by atoms with Gasteiger partial charge in [0.05, 0.1) is 0 Å². The summed E-state index contributed by atoms with van der Waals surface area (Å²) in [6.07, 6.45) is 7.01. The van der Waals surface area contributed by atoms with Gasteiger partial charge in [-0.05, 0) is 19.3 Å². The number of nitrogens with one attached hydrogen (secondary N) is 2. The highest BCUT2D eigenvalue weighted by Gasteiger charge is 2.09. The van der Waals surface area contributed by atoms with Crippen molar-refractivity contribution in [2.24, 2.45) is 0 Å². The highest BCUT2D eigenvalue weighted by molar-refractivity contribution is 5.51. The second kappa shape index (κ2) is 9.39. The molecule has 0 aliphatic heterocycles. The van der Waals surface area contributed by atoms with E-state index in [1.54, 1.807) is 0 Å². The van der Waals surface area contributed by atoms with Crippen LogP contribution in [0.15, 0.2) is 6.07 Å². The zero-order chi connectivity index (χ0) is 14.8. The van der Waals surface area contributed by atoms with Crippen molar-refractivity contribution in [2.75, 3.05) is 22.9 Å². The predicted octanol–water partition coefficient (Wildman–Crippen LogP) is 3.65. The molecule has 1 heterocycles. The predicted molar refractivity (Wildman–Crippen MR) is 87.1 cm³/mol. The first kappa shape index (κ1) is 16.5. The first-order valence-electron chi connectivity index (χ1n) is 7.84. The molecule has 1 aromatic heterocycles. The Bertz CT molecular complexity index is 381. The lowest BCUT2D eigenvalue weighted by Gasteiger charge is -2.19. The minimum Gasteiger partial charge on any atom is -0.370 e. The molecule has 5 nitrogen and oxygen atoms in total. The Morgan fingerprint density at radius 2 is 1.80 bits per heavy atom. The Hall–Kier alpha value is -1.52. The molecule has 20 heavy (non-hydrogen) atoms. The maximum absolute atomic E-state index is 5.78. The van der Waals surface area contributed by atoms with Crippen molar-refractivity contribution < 1.29 is 0 Å². The summed E-state index contributed by atoms with van der Waals surface area (Å²) in [5.74, 6) is 1.94. The molecule has 1 unspecified atom stereocenters. The SMILES string of the molecule is CCCCC(CCC)Nc1cc(NCCC)nc(N)n1. The molecular formula is C15H29N5. The van der Waals surface area contributed by atoms with E-state index in [0.29, 0.717) is 12.0 Å². The Balaban J connectivity index is 2.69. The summed E-state index contributed by atoms with van der Waals surface area (Å²) < 4.78 is 0. The van der Waals surface area contributed by atoms with Gasteiger partial charge in [0, 0.05) is 18.7 Å². The summed E-state index contributed by atoms with van der Waals surface area (Å²) in [5, 5.41) is 6.75. The molecule has 0 aliphatic carbocycles. The van der Waals surface area contributed by atoms with Gasteiger partial charge >= 0.3 is 0 Å². The van der Waals surface area contributed by atoms with Gasteiger partial charge in [-0.15, -0.1) is 0 Å². The van der Waals surface area contributed by atoms with E-state index in [9.17, 15) is 0 Å². The Morgan fingerprint density at radius 1 is 1.05 bits per heavy atom. The maximum Gasteiger partial charge on any atom is 0.223 e. The molecule has 0 saturated carbocycles. The quantitative estimate of drug-likeness (QED) is 0.609. The number of rotatable bonds is 10. The summed E-state index contributed by atoms with van der Waals surface area (Å²) >= 11 is 0. The van der Waals surface area contributed by atoms with Gasteiger partial charge in [-0.25, -0.2) is 0 Å². The van der Waals surface area contributed by atoms with Crippen LogP contribution in [0.3, 0.4) is 0 Å². The summed E-state index contributed by atoms with van der Waals surface area (Å²) in [5.41, 5.74) is 5.78. The first-order valence-corrected chi connectivity index (χ1v) is 7.84. The molecule has 0 spiro atoms. The fourth-order valence-corrected chi connectivity index (χ4v) is 2.18. The highest BCUT2D eigenvalue weighted by atomic mass is 15.1. The fraction of sp³-hybridized carbons (Fsp3) is 0.733. The average Bonchev–Trinajstić information content (AvgIpc) is 2.42. The number of nitrogen functional groups attached to an aromatic ring is 1. The van der Waals surface area contributed by atoms with Crippen molar-refractivity contribution in [3.63, 3.8) is 0 Å².